The van der Waals surface area contributed by atoms with Crippen molar-refractivity contribution in [3.63, 3.8) is 0 Å². The van der Waals surface area contributed by atoms with Gasteiger partial charge in [0.1, 0.15) is 18.1 Å². The molecule has 0 amide bonds. The van der Waals surface area contributed by atoms with E-state index >= 15 is 0 Å². The molecule has 0 saturated heterocycles. The van der Waals surface area contributed by atoms with Crippen LogP contribution in [-0.4, -0.2) is 26.9 Å². The fourth-order valence-corrected chi connectivity index (χ4v) is 3.71. The van der Waals surface area contributed by atoms with Crippen LogP contribution in [0.2, 0.25) is 0 Å². The Morgan fingerprint density at radius 1 is 1.09 bits per heavy atom. The number of aromatic nitrogens is 2. The number of imidazole rings is 1. The zero-order chi connectivity index (χ0) is 21.8. The summed E-state index contributed by atoms with van der Waals surface area (Å²) >= 11 is 0. The standard InChI is InChI=1S/C25H23FN2O3.ClH/c1-17-24(22(30)14-20(15-29)18-8-3-2-4-9-18)28-13-7-12-23(25(28)27-17)31-16-19-10-5-6-11-21(19)26;/h2-13,20,29H,14-16H2,1H3;1H/t20-;/m0./s1. The molecule has 1 atom stereocenters. The van der Waals surface area contributed by atoms with Gasteiger partial charge >= 0.3 is 0 Å². The molecule has 0 saturated carbocycles. The first kappa shape index (κ1) is 23.4. The number of carbonyl (C=O) groups excluding carboxylic acids is 1. The SMILES string of the molecule is Cc1nc2c(OCc3ccccc3F)cccn2c1C(=O)C[C@@H](CO)c1ccccc1.Cl. The lowest BCUT2D eigenvalue weighted by atomic mass is 9.93. The van der Waals surface area contributed by atoms with Crippen LogP contribution in [-0.2, 0) is 6.61 Å². The summed E-state index contributed by atoms with van der Waals surface area (Å²) in [6, 6.07) is 19.4. The van der Waals surface area contributed by atoms with E-state index < -0.39 is 0 Å². The highest BCUT2D eigenvalue weighted by atomic mass is 35.5. The van der Waals surface area contributed by atoms with Crippen LogP contribution in [0.15, 0.2) is 72.9 Å². The van der Waals surface area contributed by atoms with Crippen molar-refractivity contribution >= 4 is 23.8 Å². The summed E-state index contributed by atoms with van der Waals surface area (Å²) in [5.74, 6) is -0.270. The topological polar surface area (TPSA) is 63.8 Å². The Morgan fingerprint density at radius 3 is 2.53 bits per heavy atom. The molecule has 5 nitrogen and oxygen atoms in total. The monoisotopic (exact) mass is 454 g/mol. The molecule has 4 aromatic rings. The molecule has 0 aliphatic carbocycles. The number of aliphatic hydroxyl groups excluding tert-OH is 1. The number of aryl methyl sites for hydroxylation is 1. The molecule has 0 fully saturated rings. The van der Waals surface area contributed by atoms with Crippen LogP contribution >= 0.6 is 12.4 Å². The molecular formula is C25H24ClFN2O3. The molecule has 0 radical (unpaired) electrons. The normalized spacial score (nSPS) is 11.7. The number of hydrogen-bond acceptors (Lipinski definition) is 4. The molecule has 2 aromatic heterocycles. The summed E-state index contributed by atoms with van der Waals surface area (Å²) in [5, 5.41) is 9.83. The van der Waals surface area contributed by atoms with E-state index in [2.05, 4.69) is 4.98 Å². The van der Waals surface area contributed by atoms with Crippen molar-refractivity contribution in [1.82, 2.24) is 9.38 Å². The lowest BCUT2D eigenvalue weighted by molar-refractivity contribution is 0.0953. The predicted molar refractivity (Wildman–Crippen MR) is 123 cm³/mol. The molecule has 0 aliphatic rings. The number of nitrogens with zero attached hydrogens (tertiary/aromatic N) is 2. The molecule has 1 N–H and O–H groups in total. The number of aliphatic hydroxyl groups is 1. The Kier molecular flexibility index (Phi) is 7.62. The van der Waals surface area contributed by atoms with Gasteiger partial charge in [-0.15, -0.1) is 12.4 Å². The van der Waals surface area contributed by atoms with E-state index in [-0.39, 0.29) is 49.6 Å². The van der Waals surface area contributed by atoms with E-state index in [0.717, 1.165) is 5.56 Å². The van der Waals surface area contributed by atoms with E-state index in [4.69, 9.17) is 4.74 Å². The molecule has 0 unspecified atom stereocenters. The van der Waals surface area contributed by atoms with Gasteiger partial charge in [-0.25, -0.2) is 9.37 Å². The van der Waals surface area contributed by atoms with Gasteiger partial charge in [-0.05, 0) is 30.7 Å². The largest absolute Gasteiger partial charge is 0.485 e. The highest BCUT2D eigenvalue weighted by Gasteiger charge is 2.23. The van der Waals surface area contributed by atoms with Crippen LogP contribution < -0.4 is 4.74 Å². The highest BCUT2D eigenvalue weighted by molar-refractivity contribution is 5.97. The number of rotatable bonds is 8. The first-order valence-corrected chi connectivity index (χ1v) is 10.1. The number of hydrogen-bond donors (Lipinski definition) is 1. The predicted octanol–water partition coefficient (Wildman–Crippen LogP) is 5.13. The van der Waals surface area contributed by atoms with Crippen LogP contribution in [0.1, 0.15) is 39.6 Å². The van der Waals surface area contributed by atoms with E-state index in [1.54, 1.807) is 47.9 Å². The molecule has 4 rings (SSSR count). The van der Waals surface area contributed by atoms with Crippen LogP contribution in [0, 0.1) is 12.7 Å². The van der Waals surface area contributed by atoms with Gasteiger partial charge < -0.3 is 9.84 Å². The number of pyridine rings is 1. The number of benzene rings is 2. The Labute approximate surface area is 191 Å². The van der Waals surface area contributed by atoms with Crippen molar-refractivity contribution in [2.75, 3.05) is 6.61 Å². The van der Waals surface area contributed by atoms with Crippen LogP contribution in [0.5, 0.6) is 5.75 Å². The van der Waals surface area contributed by atoms with Crippen molar-refractivity contribution in [3.8, 4) is 5.75 Å². The van der Waals surface area contributed by atoms with Gasteiger partial charge in [0, 0.05) is 24.1 Å². The zero-order valence-electron chi connectivity index (χ0n) is 17.6. The highest BCUT2D eigenvalue weighted by Crippen LogP contribution is 2.27. The summed E-state index contributed by atoms with van der Waals surface area (Å²) < 4.78 is 21.4. The van der Waals surface area contributed by atoms with Crippen LogP contribution in [0.25, 0.3) is 5.65 Å². The number of carbonyl (C=O) groups is 1. The summed E-state index contributed by atoms with van der Waals surface area (Å²) in [5.41, 5.74) is 2.90. The van der Waals surface area contributed by atoms with E-state index in [0.29, 0.717) is 28.3 Å². The number of Topliss-reactive ketones (excluding diaryl/α,β-unsaturated/α-hetero) is 1. The molecule has 0 spiro atoms. The van der Waals surface area contributed by atoms with Gasteiger partial charge in [0.05, 0.1) is 12.3 Å². The summed E-state index contributed by atoms with van der Waals surface area (Å²) in [6.45, 7) is 1.71. The van der Waals surface area contributed by atoms with Gasteiger partial charge in [0.25, 0.3) is 0 Å². The minimum atomic E-state index is -0.333. The minimum Gasteiger partial charge on any atom is -0.485 e. The number of ether oxygens (including phenoxy) is 1. The first-order chi connectivity index (χ1) is 15.1. The maximum atomic E-state index is 13.9. The zero-order valence-corrected chi connectivity index (χ0v) is 18.4. The molecule has 2 heterocycles. The van der Waals surface area contributed by atoms with E-state index in [1.807, 2.05) is 30.3 Å². The van der Waals surface area contributed by atoms with Crippen molar-refractivity contribution in [2.24, 2.45) is 0 Å². The van der Waals surface area contributed by atoms with Gasteiger partial charge in [-0.2, -0.15) is 0 Å². The third-order valence-electron chi connectivity index (χ3n) is 5.32. The van der Waals surface area contributed by atoms with Gasteiger partial charge in [-0.3, -0.25) is 9.20 Å². The fourth-order valence-electron chi connectivity index (χ4n) is 3.71. The van der Waals surface area contributed by atoms with Gasteiger partial charge in [-0.1, -0.05) is 48.5 Å². The Bertz CT molecular complexity index is 1210. The lowest BCUT2D eigenvalue weighted by Crippen LogP contribution is -2.13. The van der Waals surface area contributed by atoms with Gasteiger partial charge in [0.2, 0.25) is 0 Å². The maximum absolute atomic E-state index is 13.9. The third kappa shape index (κ3) is 4.82. The minimum absolute atomic E-state index is 0. The lowest BCUT2D eigenvalue weighted by Gasteiger charge is -2.14. The van der Waals surface area contributed by atoms with Crippen molar-refractivity contribution in [1.29, 1.82) is 0 Å². The molecule has 2 aromatic carbocycles. The number of ketones is 1. The van der Waals surface area contributed by atoms with Crippen molar-refractivity contribution in [2.45, 2.75) is 25.9 Å². The second-order valence-corrected chi connectivity index (χ2v) is 7.41. The quantitative estimate of drug-likeness (QED) is 0.375. The van der Waals surface area contributed by atoms with E-state index in [9.17, 15) is 14.3 Å². The number of halogens is 2. The average molecular weight is 455 g/mol. The van der Waals surface area contributed by atoms with Gasteiger partial charge in [0.15, 0.2) is 17.2 Å². The second-order valence-electron chi connectivity index (χ2n) is 7.41. The van der Waals surface area contributed by atoms with Crippen molar-refractivity contribution < 1.29 is 19.0 Å². The maximum Gasteiger partial charge on any atom is 0.182 e. The first-order valence-electron chi connectivity index (χ1n) is 10.1. The molecular weight excluding hydrogens is 431 g/mol. The number of fused-ring (bicyclic) bond motifs is 1. The Morgan fingerprint density at radius 2 is 1.81 bits per heavy atom. The summed E-state index contributed by atoms with van der Waals surface area (Å²) in [4.78, 5) is 17.7. The van der Waals surface area contributed by atoms with Crippen LogP contribution in [0.3, 0.4) is 0 Å². The Hall–Kier alpha value is -3.22. The molecule has 0 aliphatic heterocycles. The average Bonchev–Trinajstić information content (AvgIpc) is 3.14. The summed E-state index contributed by atoms with van der Waals surface area (Å²) in [6.07, 6.45) is 1.92. The third-order valence-corrected chi connectivity index (χ3v) is 5.32. The van der Waals surface area contributed by atoms with Crippen molar-refractivity contribution in [3.05, 3.63) is 101 Å². The van der Waals surface area contributed by atoms with Crippen LogP contribution in [0.4, 0.5) is 4.39 Å². The molecule has 32 heavy (non-hydrogen) atoms. The molecule has 166 valence electrons. The molecule has 0 bridgehead atoms. The summed E-state index contributed by atoms with van der Waals surface area (Å²) in [7, 11) is 0. The smallest absolute Gasteiger partial charge is 0.182 e. The fraction of sp³-hybridized carbons (Fsp3) is 0.200. The second kappa shape index (κ2) is 10.4. The van der Waals surface area contributed by atoms with E-state index in [1.165, 1.54) is 6.07 Å². The molecule has 7 heteroatoms. The Balaban J connectivity index is 0.00000289.